The lowest BCUT2D eigenvalue weighted by Crippen LogP contribution is -2.41. The minimum Gasteiger partial charge on any atom is -0.463 e. The van der Waals surface area contributed by atoms with Crippen molar-refractivity contribution in [3.05, 3.63) is 119 Å². The van der Waals surface area contributed by atoms with Gasteiger partial charge in [0, 0.05) is 22.1 Å². The third-order valence-corrected chi connectivity index (χ3v) is 8.41. The van der Waals surface area contributed by atoms with E-state index in [-0.39, 0.29) is 28.1 Å². The summed E-state index contributed by atoms with van der Waals surface area (Å²) in [4.78, 5) is 42.6. The van der Waals surface area contributed by atoms with Gasteiger partial charge in [-0.15, -0.1) is 0 Å². The molecule has 0 saturated carbocycles. The first-order valence-electron chi connectivity index (χ1n) is 13.9. The minimum atomic E-state index is -5.00. The van der Waals surface area contributed by atoms with Crippen molar-refractivity contribution in [3.63, 3.8) is 0 Å². The van der Waals surface area contributed by atoms with E-state index in [1.54, 1.807) is 37.3 Å². The zero-order valence-electron chi connectivity index (χ0n) is 24.6. The number of ether oxygens (including phenoxy) is 2. The molecule has 0 fully saturated rings. The molecule has 13 heteroatoms. The maximum atomic E-state index is 14.4. The number of carbonyl (C=O) groups excluding carboxylic acids is 2. The molecule has 8 nitrogen and oxygen atoms in total. The van der Waals surface area contributed by atoms with Gasteiger partial charge < -0.3 is 14.0 Å². The van der Waals surface area contributed by atoms with E-state index in [1.165, 1.54) is 31.2 Å². The number of aryl methyl sites for hydroxylation is 1. The fraction of sp³-hybridized carbons (Fsp3) is 0.250. The van der Waals surface area contributed by atoms with Crippen LogP contribution < -0.4 is 14.9 Å². The molecule has 0 spiro atoms. The van der Waals surface area contributed by atoms with Crippen molar-refractivity contribution in [2.75, 3.05) is 13.2 Å². The van der Waals surface area contributed by atoms with Crippen molar-refractivity contribution in [1.82, 2.24) is 9.13 Å². The van der Waals surface area contributed by atoms with Gasteiger partial charge in [-0.05, 0) is 87.4 Å². The van der Waals surface area contributed by atoms with Crippen LogP contribution in [0.25, 0.3) is 11.8 Å². The van der Waals surface area contributed by atoms with Crippen LogP contribution in [0.2, 0.25) is 5.02 Å². The van der Waals surface area contributed by atoms with E-state index in [9.17, 15) is 27.6 Å². The maximum Gasteiger partial charge on any atom is 0.434 e. The first kappa shape index (κ1) is 32.0. The van der Waals surface area contributed by atoms with Gasteiger partial charge in [0.1, 0.15) is 0 Å². The highest BCUT2D eigenvalue weighted by atomic mass is 35.5. The quantitative estimate of drug-likeness (QED) is 0.242. The number of halogens is 4. The number of carbonyl (C=O) groups is 2. The Morgan fingerprint density at radius 2 is 1.62 bits per heavy atom. The molecular weight excluding hydrogens is 631 g/mol. The summed E-state index contributed by atoms with van der Waals surface area (Å²) in [6.07, 6.45) is -3.41. The van der Waals surface area contributed by atoms with Gasteiger partial charge in [-0.25, -0.2) is 14.6 Å². The Balaban J connectivity index is 1.68. The summed E-state index contributed by atoms with van der Waals surface area (Å²) in [6.45, 7) is 6.99. The van der Waals surface area contributed by atoms with E-state index in [0.717, 1.165) is 33.0 Å². The largest absolute Gasteiger partial charge is 0.463 e. The summed E-state index contributed by atoms with van der Waals surface area (Å²) in [5.74, 6) is -1.65. The molecule has 1 aliphatic rings. The summed E-state index contributed by atoms with van der Waals surface area (Å²) in [5, 5.41) is 0.328. The summed E-state index contributed by atoms with van der Waals surface area (Å²) in [6, 6.07) is 13.1. The Morgan fingerprint density at radius 1 is 1.00 bits per heavy atom. The highest BCUT2D eigenvalue weighted by molar-refractivity contribution is 7.07. The van der Waals surface area contributed by atoms with Crippen LogP contribution >= 0.6 is 22.9 Å². The molecule has 3 heterocycles. The third kappa shape index (κ3) is 6.12. The zero-order valence-corrected chi connectivity index (χ0v) is 26.1. The molecule has 5 rings (SSSR count). The molecule has 1 atom stereocenters. The van der Waals surface area contributed by atoms with E-state index < -0.39 is 41.0 Å². The second-order valence-corrected chi connectivity index (χ2v) is 11.5. The normalized spacial score (nSPS) is 15.1. The van der Waals surface area contributed by atoms with Gasteiger partial charge in [0.05, 0.1) is 34.9 Å². The Labute approximate surface area is 264 Å². The maximum absolute atomic E-state index is 14.4. The molecule has 45 heavy (non-hydrogen) atoms. The number of alkyl halides is 3. The predicted molar refractivity (Wildman–Crippen MR) is 163 cm³/mol. The average Bonchev–Trinajstić information content (AvgIpc) is 3.46. The number of benzene rings is 2. The summed E-state index contributed by atoms with van der Waals surface area (Å²) < 4.78 is 56.3. The SMILES string of the molecule is CCOC(=O)C1=C(C(F)(F)F)N=c2s/c(=C\c3cc(C)n(-c4ccc(C(=O)OCC)cc4)c3C)c(=O)n2[C@@H]1c1ccc(Cl)cc1. The predicted octanol–water partition coefficient (Wildman–Crippen LogP) is 5.58. The van der Waals surface area contributed by atoms with Crippen LogP contribution in [0.5, 0.6) is 0 Å². The number of hydrogen-bond acceptors (Lipinski definition) is 7. The van der Waals surface area contributed by atoms with Gasteiger partial charge in [-0.3, -0.25) is 9.36 Å². The highest BCUT2D eigenvalue weighted by Gasteiger charge is 2.45. The van der Waals surface area contributed by atoms with Gasteiger partial charge in [0.15, 0.2) is 10.5 Å². The van der Waals surface area contributed by atoms with Crippen LogP contribution in [-0.2, 0) is 14.3 Å². The molecule has 0 amide bonds. The number of hydrogen-bond donors (Lipinski definition) is 0. The minimum absolute atomic E-state index is 0.122. The standard InChI is InChI=1S/C32H27ClF3N3O5S/c1-5-43-29(41)20-9-13-23(14-10-20)38-17(3)15-21(18(38)4)16-24-28(40)39-26(19-7-11-22(33)12-8-19)25(30(42)44-6-2)27(32(34,35)36)37-31(39)45-24/h7-16,26H,5-6H2,1-4H3/b24-16-/t26-/m1/s1. The summed E-state index contributed by atoms with van der Waals surface area (Å²) in [5.41, 5.74) is 0.791. The Morgan fingerprint density at radius 3 is 2.22 bits per heavy atom. The Kier molecular flexibility index (Phi) is 8.90. The first-order valence-corrected chi connectivity index (χ1v) is 15.1. The van der Waals surface area contributed by atoms with Gasteiger partial charge in [-0.1, -0.05) is 35.1 Å². The van der Waals surface area contributed by atoms with Crippen molar-refractivity contribution in [2.45, 2.75) is 39.9 Å². The smallest absolute Gasteiger partial charge is 0.434 e. The van der Waals surface area contributed by atoms with E-state index in [2.05, 4.69) is 4.99 Å². The lowest BCUT2D eigenvalue weighted by molar-refractivity contribution is -0.140. The van der Waals surface area contributed by atoms with Crippen molar-refractivity contribution < 1.29 is 32.2 Å². The highest BCUT2D eigenvalue weighted by Crippen LogP contribution is 2.38. The molecule has 0 unspecified atom stereocenters. The molecule has 0 radical (unpaired) electrons. The molecule has 234 valence electrons. The van der Waals surface area contributed by atoms with Crippen LogP contribution in [-0.4, -0.2) is 40.5 Å². The lowest BCUT2D eigenvalue weighted by atomic mass is 9.95. The van der Waals surface area contributed by atoms with Crippen LogP contribution in [0.4, 0.5) is 13.2 Å². The van der Waals surface area contributed by atoms with Crippen LogP contribution in [0.1, 0.15) is 52.8 Å². The fourth-order valence-corrected chi connectivity index (χ4v) is 6.35. The van der Waals surface area contributed by atoms with Gasteiger partial charge >= 0.3 is 18.1 Å². The monoisotopic (exact) mass is 657 g/mol. The number of esters is 2. The molecule has 0 N–H and O–H groups in total. The second kappa shape index (κ2) is 12.5. The van der Waals surface area contributed by atoms with Crippen molar-refractivity contribution in [1.29, 1.82) is 0 Å². The third-order valence-electron chi connectivity index (χ3n) is 7.17. The molecule has 0 bridgehead atoms. The Bertz CT molecular complexity index is 2010. The van der Waals surface area contributed by atoms with Crippen LogP contribution in [0, 0.1) is 13.8 Å². The first-order chi connectivity index (χ1) is 21.3. The number of fused-ring (bicyclic) bond motifs is 1. The van der Waals surface area contributed by atoms with Gasteiger partial charge in [0.25, 0.3) is 5.56 Å². The number of allylic oxidation sites excluding steroid dienone is 1. The van der Waals surface area contributed by atoms with E-state index in [4.69, 9.17) is 21.1 Å². The van der Waals surface area contributed by atoms with Crippen LogP contribution in [0.15, 0.2) is 75.7 Å². The Hall–Kier alpha value is -4.42. The molecule has 1 aliphatic heterocycles. The van der Waals surface area contributed by atoms with E-state index >= 15 is 0 Å². The lowest BCUT2D eigenvalue weighted by Gasteiger charge is -2.26. The number of aromatic nitrogens is 2. The van der Waals surface area contributed by atoms with E-state index in [1.807, 2.05) is 24.5 Å². The van der Waals surface area contributed by atoms with E-state index in [0.29, 0.717) is 16.1 Å². The number of rotatable bonds is 7. The van der Waals surface area contributed by atoms with Crippen molar-refractivity contribution in [3.8, 4) is 5.69 Å². The zero-order chi connectivity index (χ0) is 32.6. The van der Waals surface area contributed by atoms with Crippen molar-refractivity contribution in [2.24, 2.45) is 4.99 Å². The molecule has 2 aromatic heterocycles. The summed E-state index contributed by atoms with van der Waals surface area (Å²) in [7, 11) is 0. The fourth-order valence-electron chi connectivity index (χ4n) is 5.23. The molecule has 4 aromatic rings. The number of nitrogens with zero attached hydrogens (tertiary/aromatic N) is 3. The molecule has 0 saturated heterocycles. The molecule has 0 aliphatic carbocycles. The second-order valence-electron chi connectivity index (χ2n) is 10.0. The number of thiazole rings is 1. The topological polar surface area (TPSA) is 91.9 Å². The van der Waals surface area contributed by atoms with Gasteiger partial charge in [-0.2, -0.15) is 13.2 Å². The molecular formula is C32H27ClF3N3O5S. The van der Waals surface area contributed by atoms with Crippen LogP contribution in [0.3, 0.4) is 0 Å². The average molecular weight is 658 g/mol. The van der Waals surface area contributed by atoms with Gasteiger partial charge in [0.2, 0.25) is 0 Å². The molecule has 2 aromatic carbocycles. The van der Waals surface area contributed by atoms with Crippen molar-refractivity contribution >= 4 is 41.0 Å². The summed E-state index contributed by atoms with van der Waals surface area (Å²) >= 11 is 6.83.